The molecule has 7 heteroatoms. The van der Waals surface area contributed by atoms with Gasteiger partial charge in [-0.1, -0.05) is 35.9 Å². The lowest BCUT2D eigenvalue weighted by molar-refractivity contribution is -0.386. The van der Waals surface area contributed by atoms with Crippen LogP contribution in [0.5, 0.6) is 5.75 Å². The van der Waals surface area contributed by atoms with E-state index in [1.165, 1.54) is 23.8 Å². The van der Waals surface area contributed by atoms with E-state index in [0.29, 0.717) is 0 Å². The minimum absolute atomic E-state index is 0.0195. The first kappa shape index (κ1) is 18.2. The first-order valence-electron chi connectivity index (χ1n) is 8.44. The molecule has 2 aromatic rings. The van der Waals surface area contributed by atoms with Crippen LogP contribution in [0.4, 0.5) is 5.69 Å². The van der Waals surface area contributed by atoms with Crippen molar-refractivity contribution in [1.82, 2.24) is 5.32 Å². The van der Waals surface area contributed by atoms with Gasteiger partial charge in [0.25, 0.3) is 5.91 Å². The molecule has 1 amide bonds. The van der Waals surface area contributed by atoms with Crippen LogP contribution in [-0.4, -0.2) is 16.9 Å². The lowest BCUT2D eigenvalue weighted by Crippen LogP contribution is -2.39. The van der Waals surface area contributed by atoms with Gasteiger partial charge in [0.1, 0.15) is 0 Å². The molecule has 0 aromatic heterocycles. The summed E-state index contributed by atoms with van der Waals surface area (Å²) in [7, 11) is 0. The highest BCUT2D eigenvalue weighted by molar-refractivity contribution is 6.30. The summed E-state index contributed by atoms with van der Waals surface area (Å²) in [4.78, 5) is 23.1. The van der Waals surface area contributed by atoms with Crippen LogP contribution in [0.1, 0.15) is 36.9 Å². The van der Waals surface area contributed by atoms with E-state index in [1.54, 1.807) is 6.92 Å². The number of amides is 1. The molecule has 6 nitrogen and oxygen atoms in total. The second-order valence-corrected chi connectivity index (χ2v) is 6.72. The summed E-state index contributed by atoms with van der Waals surface area (Å²) < 4.78 is 5.54. The molecule has 0 saturated heterocycles. The Labute approximate surface area is 156 Å². The molecular formula is C19H19ClN2O4. The molecule has 3 rings (SSSR count). The van der Waals surface area contributed by atoms with E-state index in [4.69, 9.17) is 16.3 Å². The lowest BCUT2D eigenvalue weighted by Gasteiger charge is -2.27. The van der Waals surface area contributed by atoms with Crippen molar-refractivity contribution in [2.24, 2.45) is 0 Å². The Hall–Kier alpha value is -2.60. The molecule has 0 bridgehead atoms. The minimum Gasteiger partial charge on any atom is -0.474 e. The van der Waals surface area contributed by atoms with Gasteiger partial charge in [-0.05, 0) is 49.4 Å². The molecule has 1 aliphatic carbocycles. The number of nitro groups is 1. The zero-order chi connectivity index (χ0) is 18.7. The normalized spacial score (nSPS) is 17.1. The van der Waals surface area contributed by atoms with Crippen molar-refractivity contribution in [3.05, 3.63) is 68.7 Å². The second-order valence-electron chi connectivity index (χ2n) is 6.28. The van der Waals surface area contributed by atoms with Gasteiger partial charge in [-0.15, -0.1) is 0 Å². The predicted octanol–water partition coefficient (Wildman–Crippen LogP) is 4.21. The molecule has 2 atom stereocenters. The largest absolute Gasteiger partial charge is 0.474 e. The molecule has 0 radical (unpaired) electrons. The van der Waals surface area contributed by atoms with Crippen LogP contribution < -0.4 is 10.1 Å². The Kier molecular flexibility index (Phi) is 5.42. The third-order valence-electron chi connectivity index (χ3n) is 4.48. The van der Waals surface area contributed by atoms with E-state index < -0.39 is 11.0 Å². The zero-order valence-corrected chi connectivity index (χ0v) is 15.0. The van der Waals surface area contributed by atoms with Gasteiger partial charge in [0.2, 0.25) is 0 Å². The molecule has 1 aliphatic rings. The van der Waals surface area contributed by atoms with Crippen molar-refractivity contribution in [2.75, 3.05) is 0 Å². The maximum atomic E-state index is 12.5. The number of carbonyl (C=O) groups is 1. The highest BCUT2D eigenvalue weighted by Gasteiger charge is 2.26. The van der Waals surface area contributed by atoms with Crippen LogP contribution in [0.2, 0.25) is 5.02 Å². The van der Waals surface area contributed by atoms with E-state index in [9.17, 15) is 14.9 Å². The highest BCUT2D eigenvalue weighted by Crippen LogP contribution is 2.32. The number of nitrogens with one attached hydrogen (secondary N) is 1. The quantitative estimate of drug-likeness (QED) is 0.627. The summed E-state index contributed by atoms with van der Waals surface area (Å²) in [5.41, 5.74) is 2.10. The topological polar surface area (TPSA) is 81.5 Å². The molecule has 0 aliphatic heterocycles. The van der Waals surface area contributed by atoms with Crippen molar-refractivity contribution >= 4 is 23.2 Å². The van der Waals surface area contributed by atoms with E-state index in [0.717, 1.165) is 24.8 Å². The first-order valence-corrected chi connectivity index (χ1v) is 8.82. The van der Waals surface area contributed by atoms with Gasteiger partial charge >= 0.3 is 5.69 Å². The average molecular weight is 375 g/mol. The van der Waals surface area contributed by atoms with Crippen molar-refractivity contribution in [3.63, 3.8) is 0 Å². The average Bonchev–Trinajstić information content (AvgIpc) is 2.63. The smallest absolute Gasteiger partial charge is 0.312 e. The van der Waals surface area contributed by atoms with Crippen molar-refractivity contribution in [2.45, 2.75) is 38.3 Å². The number of carbonyl (C=O) groups excluding carboxylic acids is 1. The third-order valence-corrected chi connectivity index (χ3v) is 4.71. The number of halogens is 1. The summed E-state index contributed by atoms with van der Waals surface area (Å²) in [6.07, 6.45) is 1.99. The molecule has 0 fully saturated rings. The van der Waals surface area contributed by atoms with Crippen LogP contribution in [0, 0.1) is 10.1 Å². The van der Waals surface area contributed by atoms with E-state index in [1.807, 2.05) is 18.2 Å². The SMILES string of the molecule is C[C@H](Oc1ccc(Cl)cc1[N+](=O)[O-])C(=O)N[C@@H]1CCCc2ccccc21. The number of hydrogen-bond donors (Lipinski definition) is 1. The van der Waals surface area contributed by atoms with Gasteiger partial charge in [-0.25, -0.2) is 0 Å². The molecule has 0 heterocycles. The lowest BCUT2D eigenvalue weighted by atomic mass is 9.87. The summed E-state index contributed by atoms with van der Waals surface area (Å²) in [6, 6.07) is 12.1. The summed E-state index contributed by atoms with van der Waals surface area (Å²) in [5, 5.41) is 14.4. The van der Waals surface area contributed by atoms with E-state index in [-0.39, 0.29) is 28.4 Å². The number of hydrogen-bond acceptors (Lipinski definition) is 4. The Bertz CT molecular complexity index is 840. The van der Waals surface area contributed by atoms with Gasteiger partial charge < -0.3 is 10.1 Å². The summed E-state index contributed by atoms with van der Waals surface area (Å²) in [6.45, 7) is 1.57. The van der Waals surface area contributed by atoms with Gasteiger partial charge in [-0.3, -0.25) is 14.9 Å². The molecule has 0 spiro atoms. The van der Waals surface area contributed by atoms with Gasteiger partial charge in [-0.2, -0.15) is 0 Å². The molecule has 0 unspecified atom stereocenters. The predicted molar refractivity (Wildman–Crippen MR) is 98.5 cm³/mol. The minimum atomic E-state index is -0.871. The third kappa shape index (κ3) is 3.96. The zero-order valence-electron chi connectivity index (χ0n) is 14.3. The fourth-order valence-electron chi connectivity index (χ4n) is 3.17. The van der Waals surface area contributed by atoms with Crippen LogP contribution in [0.3, 0.4) is 0 Å². The van der Waals surface area contributed by atoms with Crippen molar-refractivity contribution in [3.8, 4) is 5.75 Å². The number of nitrogens with zero attached hydrogens (tertiary/aromatic N) is 1. The second kappa shape index (κ2) is 7.74. The molecule has 136 valence electrons. The maximum Gasteiger partial charge on any atom is 0.312 e. The van der Waals surface area contributed by atoms with E-state index >= 15 is 0 Å². The molecule has 1 N–H and O–H groups in total. The Balaban J connectivity index is 1.71. The number of benzene rings is 2. The summed E-state index contributed by atoms with van der Waals surface area (Å²) >= 11 is 5.80. The monoisotopic (exact) mass is 374 g/mol. The summed E-state index contributed by atoms with van der Waals surface area (Å²) in [5.74, 6) is -0.290. The Morgan fingerprint density at radius 3 is 2.88 bits per heavy atom. The maximum absolute atomic E-state index is 12.5. The fraction of sp³-hybridized carbons (Fsp3) is 0.316. The van der Waals surface area contributed by atoms with Crippen LogP contribution >= 0.6 is 11.6 Å². The fourth-order valence-corrected chi connectivity index (χ4v) is 3.34. The van der Waals surface area contributed by atoms with Gasteiger partial charge in [0, 0.05) is 11.1 Å². The molecule has 0 saturated carbocycles. The standard InChI is InChI=1S/C19H19ClN2O4/c1-12(26-18-10-9-14(20)11-17(18)22(24)25)19(23)21-16-8-4-6-13-5-2-3-7-15(13)16/h2-3,5,7,9-12,16H,4,6,8H2,1H3,(H,21,23)/t12-,16+/m0/s1. The van der Waals surface area contributed by atoms with E-state index in [2.05, 4.69) is 11.4 Å². The number of nitro benzene ring substituents is 1. The van der Waals surface area contributed by atoms with Crippen LogP contribution in [-0.2, 0) is 11.2 Å². The number of rotatable bonds is 5. The van der Waals surface area contributed by atoms with Crippen molar-refractivity contribution in [1.29, 1.82) is 0 Å². The molecule has 26 heavy (non-hydrogen) atoms. The molecular weight excluding hydrogens is 356 g/mol. The number of ether oxygens (including phenoxy) is 1. The molecule has 2 aromatic carbocycles. The van der Waals surface area contributed by atoms with Crippen LogP contribution in [0.15, 0.2) is 42.5 Å². The Morgan fingerprint density at radius 2 is 2.12 bits per heavy atom. The highest BCUT2D eigenvalue weighted by atomic mass is 35.5. The van der Waals surface area contributed by atoms with Gasteiger partial charge in [0.15, 0.2) is 11.9 Å². The van der Waals surface area contributed by atoms with Crippen molar-refractivity contribution < 1.29 is 14.5 Å². The van der Waals surface area contributed by atoms with Gasteiger partial charge in [0.05, 0.1) is 11.0 Å². The van der Waals surface area contributed by atoms with Crippen LogP contribution in [0.25, 0.3) is 0 Å². The number of aryl methyl sites for hydroxylation is 1. The first-order chi connectivity index (χ1) is 12.5. The number of fused-ring (bicyclic) bond motifs is 1. The Morgan fingerprint density at radius 1 is 1.35 bits per heavy atom.